The van der Waals surface area contributed by atoms with Crippen LogP contribution in [0.1, 0.15) is 118 Å². The van der Waals surface area contributed by atoms with Crippen molar-refractivity contribution in [1.82, 2.24) is 14.9 Å². The zero-order chi connectivity index (χ0) is 28.6. The molecule has 3 heterocycles. The van der Waals surface area contributed by atoms with E-state index >= 15 is 0 Å². The van der Waals surface area contributed by atoms with E-state index in [1.807, 2.05) is 6.07 Å². The molecule has 2 aliphatic heterocycles. The average molecular weight is 547 g/mol. The zero-order valence-corrected chi connectivity index (χ0v) is 25.1. The van der Waals surface area contributed by atoms with Gasteiger partial charge in [-0.3, -0.25) is 4.90 Å². The summed E-state index contributed by atoms with van der Waals surface area (Å²) in [4.78, 5) is 14.5. The molecular formula is C33H47FN6. The van der Waals surface area contributed by atoms with Crippen LogP contribution in [0.2, 0.25) is 0 Å². The Morgan fingerprint density at radius 1 is 1.25 bits per heavy atom. The summed E-state index contributed by atoms with van der Waals surface area (Å²) >= 11 is 0. The normalized spacial score (nSPS) is 26.3. The molecule has 2 aliphatic carbocycles. The molecule has 3 unspecified atom stereocenters. The van der Waals surface area contributed by atoms with Gasteiger partial charge < -0.3 is 10.6 Å². The molecule has 4 atom stereocenters. The van der Waals surface area contributed by atoms with E-state index in [-0.39, 0.29) is 11.5 Å². The number of nitrogen functional groups attached to an aromatic ring is 1. The van der Waals surface area contributed by atoms with Crippen LogP contribution in [0.4, 0.5) is 15.9 Å². The summed E-state index contributed by atoms with van der Waals surface area (Å²) in [5.74, 6) is 2.74. The third-order valence-corrected chi connectivity index (χ3v) is 10.0. The first kappa shape index (κ1) is 28.8. The van der Waals surface area contributed by atoms with Crippen molar-refractivity contribution < 1.29 is 4.39 Å². The number of nitrogens with two attached hydrogens (primary N) is 1. The SMILES string of the molecule is CC12CCCN1CC(F)C2.CCc1nc2c(c(N(C)C3CC3)n1)CCC(c1c([C@@H](C)CC)ccc(N)c1C#N)C2. The lowest BCUT2D eigenvalue weighted by Crippen LogP contribution is -2.34. The fourth-order valence-corrected chi connectivity index (χ4v) is 7.25. The van der Waals surface area contributed by atoms with Crippen molar-refractivity contribution in [2.75, 3.05) is 30.8 Å². The van der Waals surface area contributed by atoms with Crippen LogP contribution in [0, 0.1) is 11.3 Å². The minimum atomic E-state index is -0.551. The van der Waals surface area contributed by atoms with Crippen molar-refractivity contribution >= 4 is 11.5 Å². The molecule has 2 N–H and O–H groups in total. The van der Waals surface area contributed by atoms with Crippen molar-refractivity contribution in [2.45, 2.75) is 121 Å². The number of alkyl halides is 1. The molecule has 4 aliphatic rings. The van der Waals surface area contributed by atoms with Crippen LogP contribution >= 0.6 is 0 Å². The van der Waals surface area contributed by atoms with Crippen molar-refractivity contribution in [3.05, 3.63) is 45.9 Å². The summed E-state index contributed by atoms with van der Waals surface area (Å²) in [6.07, 6.45) is 9.91. The van der Waals surface area contributed by atoms with E-state index in [0.29, 0.717) is 29.8 Å². The van der Waals surface area contributed by atoms with Crippen molar-refractivity contribution in [3.8, 4) is 6.07 Å². The smallest absolute Gasteiger partial charge is 0.135 e. The van der Waals surface area contributed by atoms with E-state index in [0.717, 1.165) is 62.3 Å². The molecule has 216 valence electrons. The van der Waals surface area contributed by atoms with Crippen LogP contribution in [0.3, 0.4) is 0 Å². The molecule has 0 radical (unpaired) electrons. The Kier molecular flexibility index (Phi) is 8.38. The van der Waals surface area contributed by atoms with Gasteiger partial charge >= 0.3 is 0 Å². The maximum Gasteiger partial charge on any atom is 0.135 e. The Morgan fingerprint density at radius 2 is 2.02 bits per heavy atom. The standard InChI is InChI=1S/C25H33N5.C8H14FN/c1-5-15(3)18-11-12-21(27)20(14-26)24(18)16-7-10-19-22(13-16)28-23(6-2)29-25(19)30(4)17-8-9-17;1-8-3-2-4-10(8)6-7(9)5-8/h11-12,15-17H,5-10,13,27H2,1-4H3;7H,2-6H2,1H3/t15-,16?;/m0./s1. The Labute approximate surface area is 240 Å². The summed E-state index contributed by atoms with van der Waals surface area (Å²) in [6, 6.07) is 7.08. The van der Waals surface area contributed by atoms with Gasteiger partial charge in [0.1, 0.15) is 23.9 Å². The highest BCUT2D eigenvalue weighted by Crippen LogP contribution is 2.43. The first-order valence-corrected chi connectivity index (χ1v) is 15.5. The molecule has 2 aromatic rings. The van der Waals surface area contributed by atoms with Gasteiger partial charge in [-0.15, -0.1) is 0 Å². The zero-order valence-electron chi connectivity index (χ0n) is 25.1. The molecule has 0 amide bonds. The van der Waals surface area contributed by atoms with Crippen LogP contribution < -0.4 is 10.6 Å². The van der Waals surface area contributed by atoms with Gasteiger partial charge in [0.15, 0.2) is 0 Å². The maximum absolute atomic E-state index is 12.8. The molecule has 6 nitrogen and oxygen atoms in total. The van der Waals surface area contributed by atoms with Gasteiger partial charge in [0, 0.05) is 42.8 Å². The molecule has 40 heavy (non-hydrogen) atoms. The minimum absolute atomic E-state index is 0.236. The van der Waals surface area contributed by atoms with Crippen molar-refractivity contribution in [3.63, 3.8) is 0 Å². The van der Waals surface area contributed by atoms with Crippen LogP contribution in [0.25, 0.3) is 0 Å². The van der Waals surface area contributed by atoms with Crippen molar-refractivity contribution in [2.24, 2.45) is 0 Å². The Morgan fingerprint density at radius 3 is 2.67 bits per heavy atom. The molecule has 3 fully saturated rings. The number of aryl methyl sites for hydroxylation is 1. The highest BCUT2D eigenvalue weighted by atomic mass is 19.1. The quantitative estimate of drug-likeness (QED) is 0.419. The van der Waals surface area contributed by atoms with E-state index in [1.54, 1.807) is 0 Å². The number of nitrogens with zero attached hydrogens (tertiary/aromatic N) is 5. The fourth-order valence-electron chi connectivity index (χ4n) is 7.25. The van der Waals surface area contributed by atoms with Gasteiger partial charge in [-0.1, -0.05) is 26.8 Å². The summed E-state index contributed by atoms with van der Waals surface area (Å²) in [5.41, 5.74) is 12.6. The van der Waals surface area contributed by atoms with Gasteiger partial charge in [0.2, 0.25) is 0 Å². The number of halogens is 1. The number of fused-ring (bicyclic) bond motifs is 2. The number of hydrogen-bond donors (Lipinski definition) is 1. The summed E-state index contributed by atoms with van der Waals surface area (Å²) < 4.78 is 12.8. The van der Waals surface area contributed by atoms with E-state index < -0.39 is 6.17 Å². The molecule has 1 aromatic heterocycles. The molecule has 7 heteroatoms. The highest BCUT2D eigenvalue weighted by Gasteiger charge is 2.44. The summed E-state index contributed by atoms with van der Waals surface area (Å²) in [7, 11) is 2.18. The van der Waals surface area contributed by atoms with Crippen LogP contribution in [0.5, 0.6) is 0 Å². The monoisotopic (exact) mass is 546 g/mol. The van der Waals surface area contributed by atoms with Crippen molar-refractivity contribution in [1.29, 1.82) is 5.26 Å². The van der Waals surface area contributed by atoms with E-state index in [9.17, 15) is 9.65 Å². The Hall–Kier alpha value is -2.72. The number of nitriles is 1. The first-order chi connectivity index (χ1) is 19.2. The van der Waals surface area contributed by atoms with Crippen LogP contribution in [-0.4, -0.2) is 52.8 Å². The summed E-state index contributed by atoms with van der Waals surface area (Å²) in [5, 5.41) is 9.91. The largest absolute Gasteiger partial charge is 0.398 e. The van der Waals surface area contributed by atoms with Gasteiger partial charge in [0.05, 0.1) is 11.3 Å². The van der Waals surface area contributed by atoms with E-state index in [4.69, 9.17) is 15.7 Å². The predicted octanol–water partition coefficient (Wildman–Crippen LogP) is 6.46. The topological polar surface area (TPSA) is 82.1 Å². The lowest BCUT2D eigenvalue weighted by Gasteiger charge is -2.31. The van der Waals surface area contributed by atoms with Crippen LogP contribution in [-0.2, 0) is 19.3 Å². The second-order valence-electron chi connectivity index (χ2n) is 12.8. The molecule has 6 rings (SSSR count). The second-order valence-corrected chi connectivity index (χ2v) is 12.8. The number of aromatic nitrogens is 2. The molecule has 1 aromatic carbocycles. The molecular weight excluding hydrogens is 499 g/mol. The van der Waals surface area contributed by atoms with Gasteiger partial charge in [-0.2, -0.15) is 5.26 Å². The van der Waals surface area contributed by atoms with E-state index in [1.165, 1.54) is 42.5 Å². The fraction of sp³-hybridized carbons (Fsp3) is 0.667. The first-order valence-electron chi connectivity index (χ1n) is 15.5. The molecule has 2 saturated heterocycles. The lowest BCUT2D eigenvalue weighted by atomic mass is 9.76. The number of benzene rings is 1. The van der Waals surface area contributed by atoms with Gasteiger partial charge in [0.25, 0.3) is 0 Å². The average Bonchev–Trinajstić information content (AvgIpc) is 3.68. The Balaban J connectivity index is 0.000000269. The second kappa shape index (κ2) is 11.6. The molecule has 0 spiro atoms. The highest BCUT2D eigenvalue weighted by molar-refractivity contribution is 5.63. The van der Waals surface area contributed by atoms with Gasteiger partial charge in [-0.25, -0.2) is 14.4 Å². The Bertz CT molecular complexity index is 1270. The molecule has 0 bridgehead atoms. The van der Waals surface area contributed by atoms with E-state index in [2.05, 4.69) is 56.7 Å². The maximum atomic E-state index is 12.8. The lowest BCUT2D eigenvalue weighted by molar-refractivity contribution is 0.217. The van der Waals surface area contributed by atoms with Gasteiger partial charge in [-0.05, 0) is 100 Å². The third-order valence-electron chi connectivity index (χ3n) is 10.0. The minimum Gasteiger partial charge on any atom is -0.398 e. The molecule has 1 saturated carbocycles. The predicted molar refractivity (Wildman–Crippen MR) is 161 cm³/mol. The van der Waals surface area contributed by atoms with Crippen LogP contribution in [0.15, 0.2) is 12.1 Å². The number of hydrogen-bond acceptors (Lipinski definition) is 6. The number of anilines is 2. The summed E-state index contributed by atoms with van der Waals surface area (Å²) in [6.45, 7) is 10.6. The number of rotatable bonds is 6. The third kappa shape index (κ3) is 5.57.